The van der Waals surface area contributed by atoms with E-state index in [1.54, 1.807) is 22.8 Å². The standard InChI is InChI=1S/C25H36N2O5/c1-9-10-13-32-21-20-14-18(17(4)28)11-12-19(20)23(29)26(15-16(2)3)22(21)27(24(30)31-8)25(5,6)7/h11-12,14,16H,9-10,13,15H2,1-8H3. The quantitative estimate of drug-likeness (QED) is 0.402. The molecule has 0 atom stereocenters. The number of hydrogen-bond donors (Lipinski definition) is 0. The molecule has 7 nitrogen and oxygen atoms in total. The molecule has 0 unspecified atom stereocenters. The van der Waals surface area contributed by atoms with Gasteiger partial charge in [0.1, 0.15) is 0 Å². The van der Waals surface area contributed by atoms with E-state index < -0.39 is 11.6 Å². The van der Waals surface area contributed by atoms with E-state index in [1.807, 2.05) is 34.6 Å². The zero-order valence-electron chi connectivity index (χ0n) is 20.6. The van der Waals surface area contributed by atoms with Crippen molar-refractivity contribution >= 4 is 28.5 Å². The van der Waals surface area contributed by atoms with Gasteiger partial charge in [-0.05, 0) is 52.2 Å². The number of benzene rings is 1. The molecule has 2 aromatic rings. The first-order chi connectivity index (χ1) is 14.9. The first-order valence-electron chi connectivity index (χ1n) is 11.2. The molecule has 0 spiro atoms. The van der Waals surface area contributed by atoms with Crippen LogP contribution in [0, 0.1) is 5.92 Å². The van der Waals surface area contributed by atoms with Crippen LogP contribution in [0.1, 0.15) is 71.7 Å². The SMILES string of the molecule is CCCCOc1c(N(C(=O)OC)C(C)(C)C)n(CC(C)C)c(=O)c2ccc(C(C)=O)cc12. The average Bonchev–Trinajstić information content (AvgIpc) is 2.71. The number of carbonyl (C=O) groups excluding carboxylic acids is 2. The van der Waals surface area contributed by atoms with Crippen LogP contribution in [0.2, 0.25) is 0 Å². The summed E-state index contributed by atoms with van der Waals surface area (Å²) in [5, 5.41) is 0.969. The molecular weight excluding hydrogens is 408 g/mol. The fraction of sp³-hybridized carbons (Fsp3) is 0.560. The van der Waals surface area contributed by atoms with Gasteiger partial charge in [0.05, 0.1) is 19.1 Å². The Balaban J connectivity index is 3.07. The molecule has 1 amide bonds. The molecule has 0 aliphatic carbocycles. The van der Waals surface area contributed by atoms with Crippen molar-refractivity contribution in [2.24, 2.45) is 5.92 Å². The maximum atomic E-state index is 13.6. The molecule has 1 heterocycles. The van der Waals surface area contributed by atoms with Crippen LogP contribution in [0.25, 0.3) is 10.8 Å². The van der Waals surface area contributed by atoms with Crippen molar-refractivity contribution in [1.29, 1.82) is 0 Å². The number of nitrogens with zero attached hydrogens (tertiary/aromatic N) is 2. The second-order valence-electron chi connectivity index (χ2n) is 9.46. The molecule has 1 aromatic heterocycles. The van der Waals surface area contributed by atoms with Gasteiger partial charge in [0.25, 0.3) is 5.56 Å². The Bertz CT molecular complexity index is 1050. The van der Waals surface area contributed by atoms with Crippen LogP contribution in [-0.4, -0.2) is 35.7 Å². The number of rotatable bonds is 8. The molecule has 176 valence electrons. The molecule has 0 saturated carbocycles. The minimum atomic E-state index is -0.701. The van der Waals surface area contributed by atoms with Gasteiger partial charge in [-0.25, -0.2) is 4.79 Å². The van der Waals surface area contributed by atoms with Crippen molar-refractivity contribution in [3.05, 3.63) is 34.1 Å². The van der Waals surface area contributed by atoms with E-state index in [0.717, 1.165) is 12.8 Å². The number of pyridine rings is 1. The number of unbranched alkanes of at least 4 members (excludes halogenated alkanes) is 1. The number of aromatic nitrogens is 1. The minimum Gasteiger partial charge on any atom is -0.489 e. The number of methoxy groups -OCH3 is 1. The molecule has 0 saturated heterocycles. The highest BCUT2D eigenvalue weighted by molar-refractivity contribution is 6.02. The number of fused-ring (bicyclic) bond motifs is 1. The minimum absolute atomic E-state index is 0.111. The summed E-state index contributed by atoms with van der Waals surface area (Å²) in [6.45, 7) is 14.0. The smallest absolute Gasteiger partial charge is 0.415 e. The summed E-state index contributed by atoms with van der Waals surface area (Å²) in [6.07, 6.45) is 1.15. The number of ketones is 1. The van der Waals surface area contributed by atoms with E-state index in [2.05, 4.69) is 6.92 Å². The Kier molecular flexibility index (Phi) is 8.10. The number of carbonyl (C=O) groups is 2. The molecule has 0 N–H and O–H groups in total. The predicted octanol–water partition coefficient (Wildman–Crippen LogP) is 5.41. The van der Waals surface area contributed by atoms with Crippen molar-refractivity contribution in [2.75, 3.05) is 18.6 Å². The van der Waals surface area contributed by atoms with Crippen molar-refractivity contribution in [1.82, 2.24) is 4.57 Å². The van der Waals surface area contributed by atoms with Crippen molar-refractivity contribution in [3.8, 4) is 5.75 Å². The van der Waals surface area contributed by atoms with Crippen LogP contribution < -0.4 is 15.2 Å². The first kappa shape index (κ1) is 25.4. The third-order valence-corrected chi connectivity index (χ3v) is 5.14. The number of anilines is 1. The van der Waals surface area contributed by atoms with E-state index in [-0.39, 0.29) is 17.3 Å². The Hall–Kier alpha value is -2.83. The van der Waals surface area contributed by atoms with Crippen LogP contribution in [0.15, 0.2) is 23.0 Å². The van der Waals surface area contributed by atoms with E-state index in [1.165, 1.54) is 18.9 Å². The zero-order chi connectivity index (χ0) is 24.2. The van der Waals surface area contributed by atoms with Gasteiger partial charge in [-0.1, -0.05) is 33.3 Å². The lowest BCUT2D eigenvalue weighted by molar-refractivity contribution is 0.101. The van der Waals surface area contributed by atoms with Gasteiger partial charge >= 0.3 is 6.09 Å². The Labute approximate surface area is 190 Å². The maximum absolute atomic E-state index is 13.6. The van der Waals surface area contributed by atoms with E-state index >= 15 is 0 Å². The van der Waals surface area contributed by atoms with Crippen molar-refractivity contribution in [2.45, 2.75) is 73.4 Å². The normalized spacial score (nSPS) is 11.7. The fourth-order valence-electron chi connectivity index (χ4n) is 3.61. The van der Waals surface area contributed by atoms with Gasteiger partial charge < -0.3 is 9.47 Å². The summed E-state index contributed by atoms with van der Waals surface area (Å²) in [6, 6.07) is 5.01. The molecule has 0 radical (unpaired) electrons. The van der Waals surface area contributed by atoms with Gasteiger partial charge in [0, 0.05) is 23.0 Å². The van der Waals surface area contributed by atoms with E-state index in [0.29, 0.717) is 41.1 Å². The van der Waals surface area contributed by atoms with Crippen molar-refractivity contribution in [3.63, 3.8) is 0 Å². The molecule has 1 aromatic carbocycles. The third-order valence-electron chi connectivity index (χ3n) is 5.14. The predicted molar refractivity (Wildman–Crippen MR) is 128 cm³/mol. The molecule has 32 heavy (non-hydrogen) atoms. The van der Waals surface area contributed by atoms with Gasteiger partial charge in [0.2, 0.25) is 0 Å². The Morgan fingerprint density at radius 3 is 2.31 bits per heavy atom. The lowest BCUT2D eigenvalue weighted by atomic mass is 10.0. The van der Waals surface area contributed by atoms with Gasteiger partial charge in [-0.15, -0.1) is 0 Å². The highest BCUT2D eigenvalue weighted by Gasteiger charge is 2.35. The van der Waals surface area contributed by atoms with Crippen molar-refractivity contribution < 1.29 is 19.1 Å². The number of amides is 1. The maximum Gasteiger partial charge on any atom is 0.415 e. The largest absolute Gasteiger partial charge is 0.489 e. The van der Waals surface area contributed by atoms with Crippen LogP contribution in [0.5, 0.6) is 5.75 Å². The summed E-state index contributed by atoms with van der Waals surface area (Å²) in [4.78, 5) is 40.2. The van der Waals surface area contributed by atoms with Gasteiger partial charge in [-0.3, -0.25) is 19.1 Å². The number of ether oxygens (including phenoxy) is 2. The molecule has 0 fully saturated rings. The van der Waals surface area contributed by atoms with Crippen LogP contribution >= 0.6 is 0 Å². The third kappa shape index (κ3) is 5.31. The van der Waals surface area contributed by atoms with Gasteiger partial charge in [0.15, 0.2) is 17.4 Å². The fourth-order valence-corrected chi connectivity index (χ4v) is 3.61. The summed E-state index contributed by atoms with van der Waals surface area (Å²) in [5.41, 5.74) is -0.461. The summed E-state index contributed by atoms with van der Waals surface area (Å²) >= 11 is 0. The lowest BCUT2D eigenvalue weighted by Crippen LogP contribution is -2.49. The molecule has 0 aliphatic rings. The molecule has 7 heteroatoms. The van der Waals surface area contributed by atoms with Crippen LogP contribution in [-0.2, 0) is 11.3 Å². The highest BCUT2D eigenvalue weighted by atomic mass is 16.5. The molecule has 0 aliphatic heterocycles. The second kappa shape index (κ2) is 10.2. The average molecular weight is 445 g/mol. The first-order valence-corrected chi connectivity index (χ1v) is 11.2. The number of Topliss-reactive ketones (excluding diaryl/α,β-unsaturated/α-hetero) is 1. The Morgan fingerprint density at radius 2 is 1.81 bits per heavy atom. The summed E-state index contributed by atoms with van der Waals surface area (Å²) < 4.78 is 13.0. The zero-order valence-corrected chi connectivity index (χ0v) is 20.6. The monoisotopic (exact) mass is 444 g/mol. The Morgan fingerprint density at radius 1 is 1.16 bits per heavy atom. The second-order valence-corrected chi connectivity index (χ2v) is 9.46. The highest BCUT2D eigenvalue weighted by Crippen LogP contribution is 2.39. The molecule has 0 bridgehead atoms. The van der Waals surface area contributed by atoms with E-state index in [4.69, 9.17) is 9.47 Å². The van der Waals surface area contributed by atoms with Crippen LogP contribution in [0.4, 0.5) is 10.6 Å². The number of hydrogen-bond acceptors (Lipinski definition) is 5. The lowest BCUT2D eigenvalue weighted by Gasteiger charge is -2.37. The summed E-state index contributed by atoms with van der Waals surface area (Å²) in [5.74, 6) is 0.799. The summed E-state index contributed by atoms with van der Waals surface area (Å²) in [7, 11) is 1.32. The van der Waals surface area contributed by atoms with Gasteiger partial charge in [-0.2, -0.15) is 0 Å². The molecule has 2 rings (SSSR count). The topological polar surface area (TPSA) is 77.8 Å². The molecular formula is C25H36N2O5. The van der Waals surface area contributed by atoms with E-state index in [9.17, 15) is 14.4 Å². The van der Waals surface area contributed by atoms with Crippen LogP contribution in [0.3, 0.4) is 0 Å².